The first-order chi connectivity index (χ1) is 11.1. The van der Waals surface area contributed by atoms with E-state index in [2.05, 4.69) is 15.6 Å². The predicted octanol–water partition coefficient (Wildman–Crippen LogP) is 2.26. The third-order valence-corrected chi connectivity index (χ3v) is 4.26. The number of thiophene rings is 1. The van der Waals surface area contributed by atoms with E-state index >= 15 is 0 Å². The highest BCUT2D eigenvalue weighted by Gasteiger charge is 2.24. The van der Waals surface area contributed by atoms with Gasteiger partial charge in [-0.15, -0.1) is 11.3 Å². The number of nitrogens with one attached hydrogen (secondary N) is 2. The lowest BCUT2D eigenvalue weighted by Crippen LogP contribution is -2.49. The van der Waals surface area contributed by atoms with E-state index in [0.29, 0.717) is 17.8 Å². The summed E-state index contributed by atoms with van der Waals surface area (Å²) in [5.74, 6) is -0.367. The molecule has 2 aromatic rings. The van der Waals surface area contributed by atoms with Gasteiger partial charge in [-0.25, -0.2) is 0 Å². The third-order valence-electron chi connectivity index (χ3n) is 3.39. The van der Waals surface area contributed by atoms with Gasteiger partial charge < -0.3 is 10.6 Å². The Morgan fingerprint density at radius 3 is 2.65 bits per heavy atom. The standard InChI is InChI=1S/C17H21N3O2S/c1-12(2)15(20-16(21)14-7-5-11-23-14)17(22)19-10-8-13-6-3-4-9-18-13/h3-7,9,11-12,15H,8,10H2,1-2H3,(H,19,22)(H,20,21). The van der Waals surface area contributed by atoms with Crippen LogP contribution in [-0.4, -0.2) is 29.4 Å². The number of carbonyl (C=O) groups excluding carboxylic acids is 2. The van der Waals surface area contributed by atoms with Gasteiger partial charge in [-0.3, -0.25) is 14.6 Å². The molecule has 122 valence electrons. The second-order valence-corrected chi connectivity index (χ2v) is 6.48. The molecule has 1 unspecified atom stereocenters. The molecule has 2 heterocycles. The summed E-state index contributed by atoms with van der Waals surface area (Å²) in [6, 6.07) is 8.71. The van der Waals surface area contributed by atoms with Crippen LogP contribution in [0.25, 0.3) is 0 Å². The Kier molecular flexibility index (Phi) is 6.29. The molecular weight excluding hydrogens is 310 g/mol. The Morgan fingerprint density at radius 2 is 2.04 bits per heavy atom. The van der Waals surface area contributed by atoms with Gasteiger partial charge in [-0.05, 0) is 29.5 Å². The van der Waals surface area contributed by atoms with Crippen molar-refractivity contribution >= 4 is 23.2 Å². The molecular formula is C17H21N3O2S. The van der Waals surface area contributed by atoms with E-state index in [-0.39, 0.29) is 17.7 Å². The van der Waals surface area contributed by atoms with E-state index < -0.39 is 6.04 Å². The molecule has 2 N–H and O–H groups in total. The fourth-order valence-electron chi connectivity index (χ4n) is 2.12. The molecule has 2 amide bonds. The van der Waals surface area contributed by atoms with Crippen molar-refractivity contribution in [2.75, 3.05) is 6.54 Å². The SMILES string of the molecule is CC(C)C(NC(=O)c1cccs1)C(=O)NCCc1ccccn1. The van der Waals surface area contributed by atoms with Gasteiger partial charge in [0, 0.05) is 24.9 Å². The molecule has 23 heavy (non-hydrogen) atoms. The van der Waals surface area contributed by atoms with Gasteiger partial charge in [0.05, 0.1) is 4.88 Å². The summed E-state index contributed by atoms with van der Waals surface area (Å²) in [7, 11) is 0. The number of nitrogens with zero attached hydrogens (tertiary/aromatic N) is 1. The Hall–Kier alpha value is -2.21. The van der Waals surface area contributed by atoms with Crippen LogP contribution >= 0.6 is 11.3 Å². The van der Waals surface area contributed by atoms with Crippen molar-refractivity contribution in [1.82, 2.24) is 15.6 Å². The number of carbonyl (C=O) groups is 2. The van der Waals surface area contributed by atoms with E-state index in [1.807, 2.05) is 43.5 Å². The maximum atomic E-state index is 12.3. The smallest absolute Gasteiger partial charge is 0.262 e. The molecule has 0 aromatic carbocycles. The minimum Gasteiger partial charge on any atom is -0.354 e. The molecule has 0 aliphatic heterocycles. The van der Waals surface area contributed by atoms with Gasteiger partial charge in [0.2, 0.25) is 5.91 Å². The summed E-state index contributed by atoms with van der Waals surface area (Å²) in [4.78, 5) is 29.3. The summed E-state index contributed by atoms with van der Waals surface area (Å²) in [5, 5.41) is 7.52. The molecule has 1 atom stereocenters. The van der Waals surface area contributed by atoms with Crippen LogP contribution < -0.4 is 10.6 Å². The van der Waals surface area contributed by atoms with Crippen LogP contribution in [0.1, 0.15) is 29.2 Å². The number of hydrogen-bond acceptors (Lipinski definition) is 4. The fraction of sp³-hybridized carbons (Fsp3) is 0.353. The molecule has 0 aliphatic rings. The first-order valence-corrected chi connectivity index (χ1v) is 8.48. The average molecular weight is 331 g/mol. The van der Waals surface area contributed by atoms with Gasteiger partial charge in [0.25, 0.3) is 5.91 Å². The lowest BCUT2D eigenvalue weighted by molar-refractivity contribution is -0.123. The third kappa shape index (κ3) is 5.17. The second-order valence-electron chi connectivity index (χ2n) is 5.53. The number of rotatable bonds is 7. The van der Waals surface area contributed by atoms with Crippen molar-refractivity contribution < 1.29 is 9.59 Å². The zero-order valence-corrected chi connectivity index (χ0v) is 14.1. The normalized spacial score (nSPS) is 12.0. The molecule has 2 rings (SSSR count). The van der Waals surface area contributed by atoms with Gasteiger partial charge in [0.15, 0.2) is 0 Å². The molecule has 6 heteroatoms. The first-order valence-electron chi connectivity index (χ1n) is 7.60. The van der Waals surface area contributed by atoms with Crippen molar-refractivity contribution in [2.24, 2.45) is 5.92 Å². The summed E-state index contributed by atoms with van der Waals surface area (Å²) >= 11 is 1.36. The zero-order valence-electron chi connectivity index (χ0n) is 13.3. The first kappa shape index (κ1) is 17.1. The average Bonchev–Trinajstić information content (AvgIpc) is 3.07. The topological polar surface area (TPSA) is 71.1 Å². The van der Waals surface area contributed by atoms with E-state index in [1.54, 1.807) is 12.3 Å². The maximum absolute atomic E-state index is 12.3. The Morgan fingerprint density at radius 1 is 1.22 bits per heavy atom. The molecule has 0 aliphatic carbocycles. The predicted molar refractivity (Wildman–Crippen MR) is 91.4 cm³/mol. The lowest BCUT2D eigenvalue weighted by Gasteiger charge is -2.21. The molecule has 0 spiro atoms. The highest BCUT2D eigenvalue weighted by molar-refractivity contribution is 7.12. The molecule has 2 aromatic heterocycles. The molecule has 0 saturated carbocycles. The minimum atomic E-state index is -0.548. The highest BCUT2D eigenvalue weighted by Crippen LogP contribution is 2.10. The zero-order chi connectivity index (χ0) is 16.7. The monoisotopic (exact) mass is 331 g/mol. The maximum Gasteiger partial charge on any atom is 0.262 e. The Labute approximate surface area is 140 Å². The van der Waals surface area contributed by atoms with Crippen LogP contribution in [-0.2, 0) is 11.2 Å². The molecule has 0 saturated heterocycles. The second kappa shape index (κ2) is 8.43. The Balaban J connectivity index is 1.87. The summed E-state index contributed by atoms with van der Waals surface area (Å²) in [6.07, 6.45) is 2.39. The van der Waals surface area contributed by atoms with Crippen LogP contribution in [0.2, 0.25) is 0 Å². The fourth-order valence-corrected chi connectivity index (χ4v) is 2.75. The summed E-state index contributed by atoms with van der Waals surface area (Å²) in [5.41, 5.74) is 0.927. The van der Waals surface area contributed by atoms with Crippen LogP contribution in [0, 0.1) is 5.92 Å². The number of hydrogen-bond donors (Lipinski definition) is 2. The lowest BCUT2D eigenvalue weighted by atomic mass is 10.0. The van der Waals surface area contributed by atoms with E-state index in [1.165, 1.54) is 11.3 Å². The summed E-state index contributed by atoms with van der Waals surface area (Å²) in [6.45, 7) is 4.32. The van der Waals surface area contributed by atoms with E-state index in [4.69, 9.17) is 0 Å². The number of amides is 2. The van der Waals surface area contributed by atoms with Crippen molar-refractivity contribution in [3.8, 4) is 0 Å². The number of pyridine rings is 1. The van der Waals surface area contributed by atoms with Gasteiger partial charge in [-0.2, -0.15) is 0 Å². The van der Waals surface area contributed by atoms with Crippen molar-refractivity contribution in [1.29, 1.82) is 0 Å². The molecule has 0 fully saturated rings. The van der Waals surface area contributed by atoms with Crippen LogP contribution in [0.5, 0.6) is 0 Å². The largest absolute Gasteiger partial charge is 0.354 e. The van der Waals surface area contributed by atoms with Crippen LogP contribution in [0.4, 0.5) is 0 Å². The summed E-state index contributed by atoms with van der Waals surface area (Å²) < 4.78 is 0. The van der Waals surface area contributed by atoms with Crippen molar-refractivity contribution in [2.45, 2.75) is 26.3 Å². The van der Waals surface area contributed by atoms with Crippen molar-refractivity contribution in [3.05, 3.63) is 52.5 Å². The van der Waals surface area contributed by atoms with E-state index in [0.717, 1.165) is 5.69 Å². The quantitative estimate of drug-likeness (QED) is 0.817. The number of aromatic nitrogens is 1. The Bertz CT molecular complexity index is 627. The van der Waals surface area contributed by atoms with Crippen molar-refractivity contribution in [3.63, 3.8) is 0 Å². The van der Waals surface area contributed by atoms with Gasteiger partial charge in [0.1, 0.15) is 6.04 Å². The molecule has 5 nitrogen and oxygen atoms in total. The molecule has 0 bridgehead atoms. The van der Waals surface area contributed by atoms with Gasteiger partial charge >= 0.3 is 0 Å². The van der Waals surface area contributed by atoms with Crippen LogP contribution in [0.3, 0.4) is 0 Å². The van der Waals surface area contributed by atoms with Gasteiger partial charge in [-0.1, -0.05) is 26.0 Å². The molecule has 0 radical (unpaired) electrons. The minimum absolute atomic E-state index is 0.00811. The van der Waals surface area contributed by atoms with Crippen LogP contribution in [0.15, 0.2) is 41.9 Å². The van der Waals surface area contributed by atoms with E-state index in [9.17, 15) is 9.59 Å². The highest BCUT2D eigenvalue weighted by atomic mass is 32.1.